The Morgan fingerprint density at radius 1 is 0.897 bits per heavy atom. The van der Waals surface area contributed by atoms with Crippen molar-refractivity contribution in [1.82, 2.24) is 5.32 Å². The molecule has 2 atom stereocenters. The van der Waals surface area contributed by atoms with Crippen LogP contribution in [0, 0.1) is 5.92 Å². The van der Waals surface area contributed by atoms with Crippen LogP contribution in [0.5, 0.6) is 5.75 Å². The van der Waals surface area contributed by atoms with E-state index in [0.29, 0.717) is 18.0 Å². The van der Waals surface area contributed by atoms with E-state index in [2.05, 4.69) is 78.1 Å². The lowest BCUT2D eigenvalue weighted by Crippen LogP contribution is -2.74. The topological polar surface area (TPSA) is 58.6 Å². The molecule has 3 aliphatic rings. The molecule has 0 saturated carbocycles. The van der Waals surface area contributed by atoms with E-state index in [1.807, 2.05) is 12.1 Å². The second kappa shape index (κ2) is 12.8. The molecule has 206 valence electrons. The lowest BCUT2D eigenvalue weighted by molar-refractivity contribution is -0.968. The number of rotatable bonds is 13. The molecule has 6 rings (SSSR count). The second-order valence-electron chi connectivity index (χ2n) is 11.4. The van der Waals surface area contributed by atoms with E-state index in [1.54, 1.807) is 7.11 Å². The average Bonchev–Trinajstić information content (AvgIpc) is 2.98. The van der Waals surface area contributed by atoms with E-state index in [-0.39, 0.29) is 12.3 Å². The van der Waals surface area contributed by atoms with Gasteiger partial charge in [0, 0.05) is 31.4 Å². The van der Waals surface area contributed by atoms with Crippen molar-refractivity contribution in [3.05, 3.63) is 102 Å². The SMILES string of the molecule is COc1ccccc1CN[C@H]1C2CC[N+](CCCCCC(=O)O)(CC2)[C@H]1C(c1ccccc1)c1ccccc1. The van der Waals surface area contributed by atoms with Crippen LogP contribution >= 0.6 is 0 Å². The molecule has 0 radical (unpaired) electrons. The largest absolute Gasteiger partial charge is 0.496 e. The number of unbranched alkanes of at least 4 members (excludes halogenated alkanes) is 2. The summed E-state index contributed by atoms with van der Waals surface area (Å²) in [6, 6.07) is 31.3. The Morgan fingerprint density at radius 2 is 1.51 bits per heavy atom. The van der Waals surface area contributed by atoms with Gasteiger partial charge in [0.25, 0.3) is 0 Å². The molecule has 5 nitrogen and oxygen atoms in total. The number of para-hydroxylation sites is 1. The van der Waals surface area contributed by atoms with Crippen molar-refractivity contribution in [2.45, 2.75) is 63.1 Å². The Morgan fingerprint density at radius 3 is 2.13 bits per heavy atom. The highest BCUT2D eigenvalue weighted by Crippen LogP contribution is 2.47. The fraction of sp³-hybridized carbons (Fsp3) is 0.441. The summed E-state index contributed by atoms with van der Waals surface area (Å²) in [5, 5.41) is 13.2. The number of hydrogen-bond acceptors (Lipinski definition) is 3. The van der Waals surface area contributed by atoms with Gasteiger partial charge < -0.3 is 19.6 Å². The maximum absolute atomic E-state index is 11.1. The number of benzene rings is 3. The van der Waals surface area contributed by atoms with Gasteiger partial charge in [0.15, 0.2) is 0 Å². The fourth-order valence-electron chi connectivity index (χ4n) is 7.43. The summed E-state index contributed by atoms with van der Waals surface area (Å²) in [5.41, 5.74) is 3.97. The minimum Gasteiger partial charge on any atom is -0.496 e. The van der Waals surface area contributed by atoms with E-state index in [1.165, 1.54) is 42.6 Å². The molecule has 39 heavy (non-hydrogen) atoms. The van der Waals surface area contributed by atoms with Crippen LogP contribution in [0.15, 0.2) is 84.9 Å². The summed E-state index contributed by atoms with van der Waals surface area (Å²) < 4.78 is 6.80. The first-order valence-corrected chi connectivity index (χ1v) is 14.6. The molecular formula is C34H43N2O3+. The molecule has 3 heterocycles. The van der Waals surface area contributed by atoms with Crippen LogP contribution < -0.4 is 10.1 Å². The predicted octanol–water partition coefficient (Wildman–Crippen LogP) is 6.24. The van der Waals surface area contributed by atoms with Crippen molar-refractivity contribution in [1.29, 1.82) is 0 Å². The Hall–Kier alpha value is -3.15. The monoisotopic (exact) mass is 527 g/mol. The highest BCUT2D eigenvalue weighted by molar-refractivity contribution is 5.66. The molecule has 0 unspecified atom stereocenters. The van der Waals surface area contributed by atoms with Gasteiger partial charge in [-0.15, -0.1) is 0 Å². The molecule has 0 spiro atoms. The van der Waals surface area contributed by atoms with Gasteiger partial charge in [-0.3, -0.25) is 4.79 Å². The normalized spacial score (nSPS) is 24.1. The molecule has 0 aromatic heterocycles. The molecule has 5 heteroatoms. The maximum atomic E-state index is 11.1. The molecule has 3 aromatic carbocycles. The quantitative estimate of drug-likeness (QED) is 0.204. The van der Waals surface area contributed by atoms with E-state index < -0.39 is 5.97 Å². The zero-order chi connectivity index (χ0) is 27.1. The first kappa shape index (κ1) is 27.4. The molecule has 3 aliphatic heterocycles. The summed E-state index contributed by atoms with van der Waals surface area (Å²) in [5.74, 6) is 1.18. The number of fused-ring (bicyclic) bond motifs is 3. The third-order valence-corrected chi connectivity index (χ3v) is 9.27. The van der Waals surface area contributed by atoms with Gasteiger partial charge in [-0.1, -0.05) is 78.9 Å². The van der Waals surface area contributed by atoms with Crippen LogP contribution in [0.2, 0.25) is 0 Å². The Bertz CT molecular complexity index is 1150. The second-order valence-corrected chi connectivity index (χ2v) is 11.4. The van der Waals surface area contributed by atoms with Crippen LogP contribution in [-0.4, -0.2) is 54.4 Å². The first-order valence-electron chi connectivity index (χ1n) is 14.6. The maximum Gasteiger partial charge on any atom is 0.303 e. The summed E-state index contributed by atoms with van der Waals surface area (Å²) in [6.45, 7) is 4.31. The number of carboxylic acids is 1. The lowest BCUT2D eigenvalue weighted by Gasteiger charge is -2.60. The summed E-state index contributed by atoms with van der Waals surface area (Å²) >= 11 is 0. The third kappa shape index (κ3) is 6.21. The standard InChI is InChI=1S/C34H42N2O3/c1-39-30-18-11-10-17-29(30)25-35-33-28-20-23-36(24-21-28,22-12-4-9-19-31(37)38)34(33)32(26-13-5-2-6-14-26)27-15-7-3-8-16-27/h2-3,5-8,10-11,13-18,28,32-35H,4,9,12,19-25H2,1H3/p+1/t28?,33-,34-,36?/m0/s1. The van der Waals surface area contributed by atoms with E-state index >= 15 is 0 Å². The highest BCUT2D eigenvalue weighted by Gasteiger charge is 2.56. The zero-order valence-electron chi connectivity index (χ0n) is 23.2. The number of nitrogens with one attached hydrogen (secondary N) is 1. The molecule has 0 aliphatic carbocycles. The van der Waals surface area contributed by atoms with Crippen molar-refractivity contribution >= 4 is 5.97 Å². The number of nitrogens with zero attached hydrogens (tertiary/aromatic N) is 1. The smallest absolute Gasteiger partial charge is 0.303 e. The molecule has 3 aromatic rings. The number of aliphatic carboxylic acids is 1. The van der Waals surface area contributed by atoms with Crippen LogP contribution in [0.3, 0.4) is 0 Å². The summed E-state index contributed by atoms with van der Waals surface area (Å²) in [6.07, 6.45) is 5.56. The van der Waals surface area contributed by atoms with Crippen LogP contribution in [0.4, 0.5) is 0 Å². The van der Waals surface area contributed by atoms with Crippen LogP contribution in [0.1, 0.15) is 61.1 Å². The van der Waals surface area contributed by atoms with Crippen molar-refractivity contribution in [2.75, 3.05) is 26.7 Å². The van der Waals surface area contributed by atoms with Gasteiger partial charge in [-0.25, -0.2) is 0 Å². The lowest BCUT2D eigenvalue weighted by atomic mass is 9.68. The Balaban J connectivity index is 1.50. The van der Waals surface area contributed by atoms with E-state index in [9.17, 15) is 4.79 Å². The number of carboxylic acid groups (broad SMARTS) is 1. The molecular weight excluding hydrogens is 484 g/mol. The van der Waals surface area contributed by atoms with Gasteiger partial charge >= 0.3 is 5.97 Å². The number of piperidine rings is 3. The molecule has 3 saturated heterocycles. The predicted molar refractivity (Wildman–Crippen MR) is 156 cm³/mol. The molecule has 2 N–H and O–H groups in total. The Kier molecular flexibility index (Phi) is 9.00. The third-order valence-electron chi connectivity index (χ3n) is 9.27. The van der Waals surface area contributed by atoms with Gasteiger partial charge in [0.2, 0.25) is 0 Å². The van der Waals surface area contributed by atoms with Crippen LogP contribution in [0.25, 0.3) is 0 Å². The number of quaternary nitrogens is 1. The van der Waals surface area contributed by atoms with E-state index in [0.717, 1.165) is 42.6 Å². The Labute approximate surface area is 233 Å². The number of hydrogen-bond donors (Lipinski definition) is 2. The number of ether oxygens (including phenoxy) is 1. The fourth-order valence-corrected chi connectivity index (χ4v) is 7.43. The van der Waals surface area contributed by atoms with Gasteiger partial charge in [0.1, 0.15) is 11.8 Å². The van der Waals surface area contributed by atoms with Gasteiger partial charge in [-0.05, 0) is 42.4 Å². The zero-order valence-corrected chi connectivity index (χ0v) is 23.2. The van der Waals surface area contributed by atoms with Crippen molar-refractivity contribution in [3.63, 3.8) is 0 Å². The number of methoxy groups -OCH3 is 1. The highest BCUT2D eigenvalue weighted by atomic mass is 16.5. The van der Waals surface area contributed by atoms with E-state index in [4.69, 9.17) is 9.84 Å². The molecule has 0 amide bonds. The summed E-state index contributed by atoms with van der Waals surface area (Å²) in [4.78, 5) is 11.1. The van der Waals surface area contributed by atoms with Crippen molar-refractivity contribution < 1.29 is 19.1 Å². The number of carbonyl (C=O) groups is 1. The average molecular weight is 528 g/mol. The van der Waals surface area contributed by atoms with Crippen LogP contribution in [-0.2, 0) is 11.3 Å². The van der Waals surface area contributed by atoms with Gasteiger partial charge in [-0.2, -0.15) is 0 Å². The minimum atomic E-state index is -0.687. The van der Waals surface area contributed by atoms with Crippen molar-refractivity contribution in [2.24, 2.45) is 5.92 Å². The van der Waals surface area contributed by atoms with Crippen molar-refractivity contribution in [3.8, 4) is 5.75 Å². The van der Waals surface area contributed by atoms with Gasteiger partial charge in [0.05, 0.1) is 38.7 Å². The first-order chi connectivity index (χ1) is 19.1. The minimum absolute atomic E-state index is 0.269. The summed E-state index contributed by atoms with van der Waals surface area (Å²) in [7, 11) is 1.75. The molecule has 2 bridgehead atoms. The molecule has 3 fully saturated rings.